The number of halogens is 1. The topological polar surface area (TPSA) is 25.8 Å². The number of fused-ring (bicyclic) bond motifs is 1. The molecule has 1 radical (unpaired) electrons. The van der Waals surface area contributed by atoms with Crippen LogP contribution in [0.3, 0.4) is 0 Å². The van der Waals surface area contributed by atoms with Crippen molar-refractivity contribution in [3.05, 3.63) is 48.0 Å². The van der Waals surface area contributed by atoms with E-state index in [1.807, 2.05) is 11.4 Å². The van der Waals surface area contributed by atoms with Gasteiger partial charge in [-0.05, 0) is 17.7 Å². The molecule has 4 heteroatoms. The molecular formula is C12H6FN2S. The maximum Gasteiger partial charge on any atom is 0.127 e. The molecule has 0 aliphatic heterocycles. The van der Waals surface area contributed by atoms with Crippen molar-refractivity contribution in [1.29, 1.82) is 0 Å². The van der Waals surface area contributed by atoms with Crippen LogP contribution in [-0.2, 0) is 0 Å². The third-order valence-electron chi connectivity index (χ3n) is 2.32. The molecule has 2 nitrogen and oxygen atoms in total. The molecule has 0 saturated heterocycles. The van der Waals surface area contributed by atoms with Crippen LogP contribution in [0.5, 0.6) is 0 Å². The number of thiophene rings is 1. The summed E-state index contributed by atoms with van der Waals surface area (Å²) in [5.41, 5.74) is 1.76. The van der Waals surface area contributed by atoms with Crippen LogP contribution in [0.1, 0.15) is 0 Å². The molecule has 0 saturated carbocycles. The Labute approximate surface area is 95.4 Å². The van der Waals surface area contributed by atoms with Gasteiger partial charge in [-0.3, -0.25) is 0 Å². The summed E-state index contributed by atoms with van der Waals surface area (Å²) < 4.78 is 13.1. The average molecular weight is 229 g/mol. The molecule has 3 aromatic rings. The van der Waals surface area contributed by atoms with Gasteiger partial charge >= 0.3 is 0 Å². The molecule has 2 aromatic heterocycles. The zero-order valence-corrected chi connectivity index (χ0v) is 8.96. The van der Waals surface area contributed by atoms with Crippen molar-refractivity contribution >= 4 is 21.6 Å². The van der Waals surface area contributed by atoms with Crippen molar-refractivity contribution in [1.82, 2.24) is 9.97 Å². The van der Waals surface area contributed by atoms with Crippen LogP contribution in [0, 0.1) is 12.0 Å². The molecular weight excluding hydrogens is 223 g/mol. The molecule has 1 aromatic carbocycles. The van der Waals surface area contributed by atoms with E-state index in [0.717, 1.165) is 21.3 Å². The SMILES string of the molecule is Fc1cccc(-c2csc3ncn[c]c23)c1. The van der Waals surface area contributed by atoms with Gasteiger partial charge in [-0.1, -0.05) is 12.1 Å². The maximum absolute atomic E-state index is 13.1. The van der Waals surface area contributed by atoms with Gasteiger partial charge in [-0.15, -0.1) is 11.3 Å². The lowest BCUT2D eigenvalue weighted by Gasteiger charge is -1.98. The minimum Gasteiger partial charge on any atom is -0.234 e. The Morgan fingerprint density at radius 1 is 1.31 bits per heavy atom. The van der Waals surface area contributed by atoms with Crippen LogP contribution < -0.4 is 0 Å². The van der Waals surface area contributed by atoms with Crippen LogP contribution in [-0.4, -0.2) is 9.97 Å². The van der Waals surface area contributed by atoms with E-state index in [9.17, 15) is 4.39 Å². The van der Waals surface area contributed by atoms with Gasteiger partial charge in [-0.2, -0.15) is 0 Å². The second-order valence-electron chi connectivity index (χ2n) is 3.33. The number of hydrogen-bond acceptors (Lipinski definition) is 3. The van der Waals surface area contributed by atoms with E-state index in [2.05, 4.69) is 16.2 Å². The molecule has 0 unspecified atom stereocenters. The standard InChI is InChI=1S/C12H6FN2S/c13-9-3-1-2-8(4-9)11-6-16-12-10(11)5-14-7-15-12/h1-4,6-7H. The third kappa shape index (κ3) is 1.47. The number of nitrogens with zero attached hydrogens (tertiary/aromatic N) is 2. The Kier molecular flexibility index (Phi) is 2.15. The van der Waals surface area contributed by atoms with Gasteiger partial charge in [-0.25, -0.2) is 14.4 Å². The summed E-state index contributed by atoms with van der Waals surface area (Å²) in [4.78, 5) is 8.87. The van der Waals surface area contributed by atoms with E-state index in [1.165, 1.54) is 29.8 Å². The minimum atomic E-state index is -0.242. The summed E-state index contributed by atoms with van der Waals surface area (Å²) in [5, 5.41) is 2.79. The van der Waals surface area contributed by atoms with Gasteiger partial charge in [0.05, 0.1) is 0 Å². The highest BCUT2D eigenvalue weighted by atomic mass is 32.1. The highest BCUT2D eigenvalue weighted by Gasteiger charge is 2.07. The first kappa shape index (κ1) is 9.42. The average Bonchev–Trinajstić information content (AvgIpc) is 2.72. The fourth-order valence-corrected chi connectivity index (χ4v) is 2.46. The zero-order chi connectivity index (χ0) is 11.0. The zero-order valence-electron chi connectivity index (χ0n) is 8.14. The van der Waals surface area contributed by atoms with E-state index < -0.39 is 0 Å². The molecule has 2 heterocycles. The molecule has 0 N–H and O–H groups in total. The predicted octanol–water partition coefficient (Wildman–Crippen LogP) is 3.30. The highest BCUT2D eigenvalue weighted by Crippen LogP contribution is 2.31. The Hall–Kier alpha value is -1.81. The number of benzene rings is 1. The van der Waals surface area contributed by atoms with Gasteiger partial charge in [0.15, 0.2) is 0 Å². The fraction of sp³-hybridized carbons (Fsp3) is 0. The van der Waals surface area contributed by atoms with Gasteiger partial charge in [0.25, 0.3) is 0 Å². The first-order chi connectivity index (χ1) is 7.84. The van der Waals surface area contributed by atoms with Crippen molar-refractivity contribution in [2.45, 2.75) is 0 Å². The Morgan fingerprint density at radius 2 is 2.25 bits per heavy atom. The summed E-state index contributed by atoms with van der Waals surface area (Å²) in [6.07, 6.45) is 4.36. The molecule has 0 bridgehead atoms. The second kappa shape index (κ2) is 3.64. The lowest BCUT2D eigenvalue weighted by atomic mass is 10.1. The normalized spacial score (nSPS) is 10.8. The maximum atomic E-state index is 13.1. The van der Waals surface area contributed by atoms with Crippen LogP contribution in [0.25, 0.3) is 21.3 Å². The van der Waals surface area contributed by atoms with E-state index in [4.69, 9.17) is 0 Å². The predicted molar refractivity (Wildman–Crippen MR) is 61.6 cm³/mol. The monoisotopic (exact) mass is 229 g/mol. The van der Waals surface area contributed by atoms with Crippen molar-refractivity contribution in [3.8, 4) is 11.1 Å². The molecule has 0 atom stereocenters. The number of rotatable bonds is 1. The first-order valence-electron chi connectivity index (χ1n) is 4.70. The quantitative estimate of drug-likeness (QED) is 0.639. The van der Waals surface area contributed by atoms with Crippen molar-refractivity contribution < 1.29 is 4.39 Å². The lowest BCUT2D eigenvalue weighted by molar-refractivity contribution is 0.628. The van der Waals surface area contributed by atoms with Gasteiger partial charge in [0.2, 0.25) is 0 Å². The lowest BCUT2D eigenvalue weighted by Crippen LogP contribution is -1.80. The Bertz CT molecular complexity index is 648. The third-order valence-corrected chi connectivity index (χ3v) is 3.20. The van der Waals surface area contributed by atoms with E-state index in [1.54, 1.807) is 6.07 Å². The second-order valence-corrected chi connectivity index (χ2v) is 4.18. The summed E-state index contributed by atoms with van der Waals surface area (Å²) in [5.74, 6) is -0.242. The van der Waals surface area contributed by atoms with Crippen molar-refractivity contribution in [3.63, 3.8) is 0 Å². The molecule has 0 fully saturated rings. The van der Waals surface area contributed by atoms with E-state index in [-0.39, 0.29) is 5.82 Å². The fourth-order valence-electron chi connectivity index (χ4n) is 1.59. The van der Waals surface area contributed by atoms with Gasteiger partial charge < -0.3 is 0 Å². The smallest absolute Gasteiger partial charge is 0.127 e. The molecule has 0 spiro atoms. The molecule has 0 amide bonds. The van der Waals surface area contributed by atoms with Crippen molar-refractivity contribution in [2.24, 2.45) is 0 Å². The molecule has 0 aliphatic rings. The van der Waals surface area contributed by atoms with Gasteiger partial charge in [0, 0.05) is 16.3 Å². The summed E-state index contributed by atoms with van der Waals surface area (Å²) in [7, 11) is 0. The molecule has 16 heavy (non-hydrogen) atoms. The van der Waals surface area contributed by atoms with E-state index >= 15 is 0 Å². The first-order valence-corrected chi connectivity index (χ1v) is 5.58. The number of hydrogen-bond donors (Lipinski definition) is 0. The molecule has 3 rings (SSSR count). The van der Waals surface area contributed by atoms with Gasteiger partial charge in [0.1, 0.15) is 23.2 Å². The van der Waals surface area contributed by atoms with Crippen LogP contribution >= 0.6 is 11.3 Å². The highest BCUT2D eigenvalue weighted by molar-refractivity contribution is 7.17. The summed E-state index contributed by atoms with van der Waals surface area (Å²) in [6.45, 7) is 0. The van der Waals surface area contributed by atoms with Crippen LogP contribution in [0.4, 0.5) is 4.39 Å². The largest absolute Gasteiger partial charge is 0.234 e. The molecule has 0 aliphatic carbocycles. The Balaban J connectivity index is 2.26. The number of aromatic nitrogens is 2. The van der Waals surface area contributed by atoms with Crippen LogP contribution in [0.15, 0.2) is 36.0 Å². The minimum absolute atomic E-state index is 0.242. The Morgan fingerprint density at radius 3 is 3.12 bits per heavy atom. The summed E-state index contributed by atoms with van der Waals surface area (Å²) in [6, 6.07) is 6.49. The summed E-state index contributed by atoms with van der Waals surface area (Å²) >= 11 is 1.51. The van der Waals surface area contributed by atoms with Crippen molar-refractivity contribution in [2.75, 3.05) is 0 Å². The molecule has 77 valence electrons. The van der Waals surface area contributed by atoms with Crippen LogP contribution in [0.2, 0.25) is 0 Å². The van der Waals surface area contributed by atoms with E-state index in [0.29, 0.717) is 0 Å².